The highest BCUT2D eigenvalue weighted by Crippen LogP contribution is 2.12. The fraction of sp³-hybridized carbons (Fsp3) is 0.750. The Bertz CT molecular complexity index is 268. The van der Waals surface area contributed by atoms with Crippen LogP contribution in [0.5, 0.6) is 0 Å². The van der Waals surface area contributed by atoms with Gasteiger partial charge in [0, 0.05) is 5.57 Å². The smallest absolute Gasteiger partial charge is 0.335 e. The molecule has 0 amide bonds. The Morgan fingerprint density at radius 2 is 1.83 bits per heavy atom. The number of carbonyl (C=O) groups is 1. The molecule has 2 saturated heterocycles. The van der Waals surface area contributed by atoms with Gasteiger partial charge in [0.15, 0.2) is 6.29 Å². The number of esters is 1. The van der Waals surface area contributed by atoms with E-state index in [1.54, 1.807) is 0 Å². The molecular formula is C12H20O6. The summed E-state index contributed by atoms with van der Waals surface area (Å²) in [6.45, 7) is 9.46. The number of hydrogen-bond acceptors (Lipinski definition) is 6. The van der Waals surface area contributed by atoms with Gasteiger partial charge in [-0.25, -0.2) is 4.79 Å². The number of ether oxygens (including phenoxy) is 4. The van der Waals surface area contributed by atoms with Gasteiger partial charge in [-0.3, -0.25) is 0 Å². The summed E-state index contributed by atoms with van der Waals surface area (Å²) >= 11 is 0. The van der Waals surface area contributed by atoms with Crippen molar-refractivity contribution in [1.82, 2.24) is 0 Å². The maximum atomic E-state index is 10.5. The zero-order valence-electron chi connectivity index (χ0n) is 10.8. The summed E-state index contributed by atoms with van der Waals surface area (Å²) < 4.78 is 19.4. The SMILES string of the molecule is C(OCC1CO1)C1CO1.C=C(C)C(=O)OC(C)O. The van der Waals surface area contributed by atoms with E-state index in [1.807, 2.05) is 0 Å². The minimum Gasteiger partial charge on any atom is -0.433 e. The van der Waals surface area contributed by atoms with Gasteiger partial charge in [-0.05, 0) is 13.8 Å². The van der Waals surface area contributed by atoms with Crippen molar-refractivity contribution in [3.8, 4) is 0 Å². The van der Waals surface area contributed by atoms with Gasteiger partial charge < -0.3 is 24.1 Å². The third-order valence-corrected chi connectivity index (χ3v) is 2.04. The van der Waals surface area contributed by atoms with Crippen molar-refractivity contribution in [1.29, 1.82) is 0 Å². The average molecular weight is 260 g/mol. The maximum Gasteiger partial charge on any atom is 0.335 e. The Kier molecular flexibility index (Phi) is 6.28. The Morgan fingerprint density at radius 1 is 1.39 bits per heavy atom. The molecule has 18 heavy (non-hydrogen) atoms. The first-order chi connectivity index (χ1) is 8.49. The second kappa shape index (κ2) is 7.48. The number of rotatable bonds is 6. The molecule has 6 nitrogen and oxygen atoms in total. The predicted molar refractivity (Wildman–Crippen MR) is 62.9 cm³/mol. The molecule has 2 heterocycles. The van der Waals surface area contributed by atoms with E-state index in [0.717, 1.165) is 26.4 Å². The van der Waals surface area contributed by atoms with E-state index in [4.69, 9.17) is 19.3 Å². The lowest BCUT2D eigenvalue weighted by Crippen LogP contribution is -2.13. The van der Waals surface area contributed by atoms with Crippen molar-refractivity contribution < 1.29 is 28.8 Å². The van der Waals surface area contributed by atoms with E-state index in [0.29, 0.717) is 12.2 Å². The van der Waals surface area contributed by atoms with Crippen molar-refractivity contribution in [3.63, 3.8) is 0 Å². The molecule has 0 spiro atoms. The van der Waals surface area contributed by atoms with Gasteiger partial charge in [0.1, 0.15) is 12.2 Å². The van der Waals surface area contributed by atoms with Gasteiger partial charge in [-0.15, -0.1) is 0 Å². The first kappa shape index (κ1) is 15.1. The molecule has 0 saturated carbocycles. The van der Waals surface area contributed by atoms with Gasteiger partial charge in [-0.1, -0.05) is 6.58 Å². The van der Waals surface area contributed by atoms with Crippen LogP contribution >= 0.6 is 0 Å². The van der Waals surface area contributed by atoms with Gasteiger partial charge in [0.05, 0.1) is 26.4 Å². The monoisotopic (exact) mass is 260 g/mol. The lowest BCUT2D eigenvalue weighted by atomic mass is 10.4. The van der Waals surface area contributed by atoms with Crippen LogP contribution in [0, 0.1) is 0 Å². The van der Waals surface area contributed by atoms with Gasteiger partial charge in [0.2, 0.25) is 0 Å². The Morgan fingerprint density at radius 3 is 2.06 bits per heavy atom. The van der Waals surface area contributed by atoms with Gasteiger partial charge >= 0.3 is 5.97 Å². The Labute approximate surface area is 106 Å². The summed E-state index contributed by atoms with van der Waals surface area (Å²) in [5.41, 5.74) is 0.288. The molecule has 6 heteroatoms. The molecule has 3 unspecified atom stereocenters. The average Bonchev–Trinajstić information content (AvgIpc) is 3.12. The topological polar surface area (TPSA) is 80.8 Å². The lowest BCUT2D eigenvalue weighted by molar-refractivity contribution is -0.159. The number of aliphatic hydroxyl groups excluding tert-OH is 1. The zero-order chi connectivity index (χ0) is 13.5. The van der Waals surface area contributed by atoms with Crippen LogP contribution in [0.25, 0.3) is 0 Å². The summed E-state index contributed by atoms with van der Waals surface area (Å²) in [5, 5.41) is 8.49. The molecule has 0 aromatic rings. The van der Waals surface area contributed by atoms with Crippen LogP contribution in [0.2, 0.25) is 0 Å². The molecule has 0 bridgehead atoms. The maximum absolute atomic E-state index is 10.5. The lowest BCUT2D eigenvalue weighted by Gasteiger charge is -2.04. The van der Waals surface area contributed by atoms with Crippen LogP contribution in [-0.2, 0) is 23.7 Å². The van der Waals surface area contributed by atoms with Crippen molar-refractivity contribution >= 4 is 5.97 Å². The second-order valence-electron chi connectivity index (χ2n) is 4.23. The predicted octanol–water partition coefficient (Wildman–Crippen LogP) is 0.245. The van der Waals surface area contributed by atoms with E-state index in [9.17, 15) is 4.79 Å². The van der Waals surface area contributed by atoms with E-state index < -0.39 is 12.3 Å². The minimum atomic E-state index is -1.05. The summed E-state index contributed by atoms with van der Waals surface area (Å²) in [6.07, 6.45) is -0.262. The van der Waals surface area contributed by atoms with Gasteiger partial charge in [-0.2, -0.15) is 0 Å². The standard InChI is InChI=1S/2C6H10O3/c1(5-3-8-5)7-2-6-4-9-6;1-4(2)6(8)9-5(3)7/h5-6H,1-4H2;5,7H,1H2,2-3H3. The first-order valence-corrected chi connectivity index (χ1v) is 5.84. The van der Waals surface area contributed by atoms with E-state index in [2.05, 4.69) is 11.3 Å². The first-order valence-electron chi connectivity index (χ1n) is 5.84. The molecule has 0 aromatic carbocycles. The molecule has 0 radical (unpaired) electrons. The van der Waals surface area contributed by atoms with Crippen molar-refractivity contribution in [2.24, 2.45) is 0 Å². The Hall–Kier alpha value is -0.950. The summed E-state index contributed by atoms with van der Waals surface area (Å²) in [7, 11) is 0. The van der Waals surface area contributed by atoms with Crippen LogP contribution in [0.1, 0.15) is 13.8 Å². The highest BCUT2D eigenvalue weighted by Gasteiger charge is 2.26. The molecule has 1 N–H and O–H groups in total. The molecule has 2 fully saturated rings. The number of epoxide rings is 2. The molecule has 3 atom stereocenters. The summed E-state index contributed by atoms with van der Waals surface area (Å²) in [5.74, 6) is -0.565. The van der Waals surface area contributed by atoms with Crippen molar-refractivity contribution in [2.45, 2.75) is 32.3 Å². The quantitative estimate of drug-likeness (QED) is 0.319. The van der Waals surface area contributed by atoms with Crippen LogP contribution in [0.3, 0.4) is 0 Å². The highest BCUT2D eigenvalue weighted by atomic mass is 16.6. The summed E-state index contributed by atoms with van der Waals surface area (Å²) in [6, 6.07) is 0. The second-order valence-corrected chi connectivity index (χ2v) is 4.23. The minimum absolute atomic E-state index is 0.288. The van der Waals surface area contributed by atoms with Crippen molar-refractivity contribution in [2.75, 3.05) is 26.4 Å². The largest absolute Gasteiger partial charge is 0.433 e. The summed E-state index contributed by atoms with van der Waals surface area (Å²) in [4.78, 5) is 10.5. The fourth-order valence-electron chi connectivity index (χ4n) is 0.915. The molecule has 2 aliphatic rings. The van der Waals surface area contributed by atoms with E-state index >= 15 is 0 Å². The van der Waals surface area contributed by atoms with Crippen LogP contribution < -0.4 is 0 Å². The number of hydrogen-bond donors (Lipinski definition) is 1. The van der Waals surface area contributed by atoms with Crippen molar-refractivity contribution in [3.05, 3.63) is 12.2 Å². The molecule has 0 aromatic heterocycles. The molecule has 2 aliphatic heterocycles. The van der Waals surface area contributed by atoms with Gasteiger partial charge in [0.25, 0.3) is 0 Å². The highest BCUT2D eigenvalue weighted by molar-refractivity contribution is 5.86. The normalized spacial score (nSPS) is 25.5. The fourth-order valence-corrected chi connectivity index (χ4v) is 0.915. The molecule has 104 valence electrons. The third kappa shape index (κ3) is 8.19. The van der Waals surface area contributed by atoms with E-state index in [1.165, 1.54) is 13.8 Å². The number of aliphatic hydroxyl groups is 1. The molecular weight excluding hydrogens is 240 g/mol. The Balaban J connectivity index is 0.000000180. The molecule has 2 rings (SSSR count). The zero-order valence-corrected chi connectivity index (χ0v) is 10.8. The van der Waals surface area contributed by atoms with Crippen LogP contribution in [0.4, 0.5) is 0 Å². The molecule has 0 aliphatic carbocycles. The van der Waals surface area contributed by atoms with Crippen LogP contribution in [-0.4, -0.2) is 56.0 Å². The van der Waals surface area contributed by atoms with E-state index in [-0.39, 0.29) is 5.57 Å². The third-order valence-electron chi connectivity index (χ3n) is 2.04. The van der Waals surface area contributed by atoms with Crippen LogP contribution in [0.15, 0.2) is 12.2 Å². The number of carbonyl (C=O) groups excluding carboxylic acids is 1.